The van der Waals surface area contributed by atoms with Gasteiger partial charge in [-0.15, -0.1) is 6.58 Å². The molecule has 0 saturated carbocycles. The molecule has 0 aliphatic rings. The second kappa shape index (κ2) is 40.9. The minimum Gasteiger partial charge on any atom is -0.493 e. The summed E-state index contributed by atoms with van der Waals surface area (Å²) in [5.74, 6) is 3.07. The van der Waals surface area contributed by atoms with Crippen LogP contribution in [-0.2, 0) is 8.85 Å². The van der Waals surface area contributed by atoms with Gasteiger partial charge in [-0.3, -0.25) is 0 Å². The van der Waals surface area contributed by atoms with Crippen molar-refractivity contribution in [2.45, 2.75) is 124 Å². The van der Waals surface area contributed by atoms with E-state index in [0.29, 0.717) is 11.8 Å². The third-order valence-electron chi connectivity index (χ3n) is 18.4. The Labute approximate surface area is 598 Å². The quantitative estimate of drug-likeness (QED) is 0.0221. The first-order valence-electron chi connectivity index (χ1n) is 36.3. The lowest BCUT2D eigenvalue weighted by atomic mass is 10.0. The zero-order chi connectivity index (χ0) is 70.0. The SMILES string of the molecule is C=CCN(c1ccccc1)c1ccc(-c2ccc(N(c3ccccc3)c3ccc(OCC(CC)CCCC)cc3)cc2)cc1.CCCCC(CC)COc1ccc(N(c2ccccc2)c2ccc(-c3ccc(N(CCCC[Si](C)(C)OC)c4ccccc4)cc3)cc2)cc1.CO[SiH](C)C. The molecule has 0 saturated heterocycles. The van der Waals surface area contributed by atoms with Crippen molar-refractivity contribution >= 4 is 74.2 Å². The summed E-state index contributed by atoms with van der Waals surface area (Å²) in [6, 6.07) is 96.0. The average Bonchev–Trinajstić information content (AvgIpc) is 0.848. The molecule has 0 radical (unpaired) electrons. The van der Waals surface area contributed by atoms with Gasteiger partial charge in [0, 0.05) is 84.2 Å². The van der Waals surface area contributed by atoms with E-state index in [2.05, 4.69) is 341 Å². The van der Waals surface area contributed by atoms with E-state index in [9.17, 15) is 0 Å². The molecule has 2 unspecified atom stereocenters. The van der Waals surface area contributed by atoms with Gasteiger partial charge in [0.15, 0.2) is 17.4 Å². The maximum atomic E-state index is 6.23. The summed E-state index contributed by atoms with van der Waals surface area (Å²) in [6.45, 7) is 25.2. The molecule has 10 heteroatoms. The predicted octanol–water partition coefficient (Wildman–Crippen LogP) is 25.5. The summed E-state index contributed by atoms with van der Waals surface area (Å²) in [7, 11) is 1.43. The van der Waals surface area contributed by atoms with Crippen LogP contribution in [-0.4, -0.2) is 57.9 Å². The fraction of sp³-hybridized carbons (Fsp3) is 0.303. The zero-order valence-corrected chi connectivity index (χ0v) is 63.1. The lowest BCUT2D eigenvalue weighted by Gasteiger charge is -2.27. The Morgan fingerprint density at radius 1 is 0.384 bits per heavy atom. The van der Waals surface area contributed by atoms with Gasteiger partial charge in [0.05, 0.1) is 13.2 Å². The molecule has 10 aromatic rings. The van der Waals surface area contributed by atoms with Gasteiger partial charge < -0.3 is 37.9 Å². The monoisotopic (exact) mass is 1350 g/mol. The van der Waals surface area contributed by atoms with E-state index in [-0.39, 0.29) is 0 Å². The van der Waals surface area contributed by atoms with Crippen LogP contribution < -0.4 is 29.1 Å². The van der Waals surface area contributed by atoms with Crippen LogP contribution in [0.4, 0.5) is 56.9 Å². The summed E-state index contributed by atoms with van der Waals surface area (Å²) in [5, 5.41) is 0. The van der Waals surface area contributed by atoms with Crippen LogP contribution in [0, 0.1) is 11.8 Å². The largest absolute Gasteiger partial charge is 0.493 e. The normalized spacial score (nSPS) is 11.7. The van der Waals surface area contributed by atoms with Crippen molar-refractivity contribution in [3.05, 3.63) is 280 Å². The lowest BCUT2D eigenvalue weighted by Crippen LogP contribution is -2.28. The highest BCUT2D eigenvalue weighted by atomic mass is 28.4. The van der Waals surface area contributed by atoms with E-state index < -0.39 is 17.4 Å². The second-order valence-corrected chi connectivity index (χ2v) is 33.4. The third-order valence-corrected chi connectivity index (χ3v) is 22.0. The first kappa shape index (κ1) is 75.9. The third kappa shape index (κ3) is 23.6. The van der Waals surface area contributed by atoms with Crippen molar-refractivity contribution in [2.24, 2.45) is 11.8 Å². The maximum Gasteiger partial charge on any atom is 0.186 e. The van der Waals surface area contributed by atoms with Gasteiger partial charge in [-0.2, -0.15) is 0 Å². The molecule has 2 atom stereocenters. The molecule has 0 aromatic heterocycles. The van der Waals surface area contributed by atoms with E-state index in [1.54, 1.807) is 7.11 Å². The van der Waals surface area contributed by atoms with Crippen LogP contribution in [0.3, 0.4) is 0 Å². The lowest BCUT2D eigenvalue weighted by molar-refractivity contribution is 0.233. The van der Waals surface area contributed by atoms with Gasteiger partial charge in [0.1, 0.15) is 11.5 Å². The molecule has 10 aromatic carbocycles. The minimum atomic E-state index is -1.54. The highest BCUT2D eigenvalue weighted by Gasteiger charge is 2.21. The number of unbranched alkanes of at least 4 members (excludes halogenated alkanes) is 3. The predicted molar refractivity (Wildman–Crippen MR) is 432 cm³/mol. The molecule has 518 valence electrons. The van der Waals surface area contributed by atoms with Crippen LogP contribution in [0.1, 0.15) is 91.9 Å². The summed E-state index contributed by atoms with van der Waals surface area (Å²) < 4.78 is 23.1. The van der Waals surface area contributed by atoms with E-state index >= 15 is 0 Å². The molecule has 0 fully saturated rings. The molecular formula is C89H110N4O4Si2. The fourth-order valence-electron chi connectivity index (χ4n) is 12.0. The van der Waals surface area contributed by atoms with Gasteiger partial charge in [-0.25, -0.2) is 0 Å². The van der Waals surface area contributed by atoms with E-state index in [1.165, 1.54) is 84.6 Å². The Kier molecular flexibility index (Phi) is 31.3. The molecule has 0 heterocycles. The van der Waals surface area contributed by atoms with Crippen molar-refractivity contribution in [2.75, 3.05) is 60.1 Å². The molecule has 0 amide bonds. The summed E-state index contributed by atoms with van der Waals surface area (Å²) >= 11 is 0. The van der Waals surface area contributed by atoms with Gasteiger partial charge in [0.25, 0.3) is 0 Å². The zero-order valence-electron chi connectivity index (χ0n) is 60.9. The number of nitrogens with zero attached hydrogens (tertiary/aromatic N) is 4. The minimum absolute atomic E-state index is 0.610. The van der Waals surface area contributed by atoms with Gasteiger partial charge in [0.2, 0.25) is 0 Å². The molecule has 99 heavy (non-hydrogen) atoms. The van der Waals surface area contributed by atoms with Crippen molar-refractivity contribution in [1.82, 2.24) is 0 Å². The first-order chi connectivity index (χ1) is 48.4. The summed E-state index contributed by atoms with van der Waals surface area (Å²) in [5.41, 5.74) is 16.2. The smallest absolute Gasteiger partial charge is 0.186 e. The van der Waals surface area contributed by atoms with Crippen LogP contribution >= 0.6 is 0 Å². The Bertz CT molecular complexity index is 3810. The summed E-state index contributed by atoms with van der Waals surface area (Å²) in [6.07, 6.45) is 14.0. The van der Waals surface area contributed by atoms with Crippen molar-refractivity contribution in [3.8, 4) is 33.8 Å². The highest BCUT2D eigenvalue weighted by molar-refractivity contribution is 6.71. The molecule has 0 spiro atoms. The van der Waals surface area contributed by atoms with Crippen LogP contribution in [0.5, 0.6) is 11.5 Å². The fourth-order valence-corrected chi connectivity index (χ4v) is 13.3. The number of hydrogen-bond acceptors (Lipinski definition) is 8. The Morgan fingerprint density at radius 3 is 0.990 bits per heavy atom. The van der Waals surface area contributed by atoms with Crippen molar-refractivity contribution in [3.63, 3.8) is 0 Å². The molecule has 0 aliphatic heterocycles. The Hall–Kier alpha value is -8.91. The van der Waals surface area contributed by atoms with E-state index in [0.717, 1.165) is 103 Å². The first-order valence-corrected chi connectivity index (χ1v) is 42.2. The molecule has 0 N–H and O–H groups in total. The van der Waals surface area contributed by atoms with Gasteiger partial charge in [-0.05, 0) is 231 Å². The molecule has 0 aliphatic carbocycles. The van der Waals surface area contributed by atoms with Crippen molar-refractivity contribution < 1.29 is 18.3 Å². The second-order valence-electron chi connectivity index (χ2n) is 26.4. The van der Waals surface area contributed by atoms with Gasteiger partial charge in [-0.1, -0.05) is 200 Å². The number of hydrogen-bond donors (Lipinski definition) is 0. The van der Waals surface area contributed by atoms with Crippen molar-refractivity contribution in [1.29, 1.82) is 0 Å². The number of para-hydroxylation sites is 4. The Morgan fingerprint density at radius 2 is 0.677 bits per heavy atom. The number of ether oxygens (including phenoxy) is 2. The molecular weight excluding hydrogens is 1250 g/mol. The molecule has 8 nitrogen and oxygen atoms in total. The number of rotatable bonds is 35. The maximum absolute atomic E-state index is 6.23. The van der Waals surface area contributed by atoms with Crippen LogP contribution in [0.2, 0.25) is 32.2 Å². The number of anilines is 10. The van der Waals surface area contributed by atoms with Gasteiger partial charge >= 0.3 is 0 Å². The Balaban J connectivity index is 0.000000238. The highest BCUT2D eigenvalue weighted by Crippen LogP contribution is 2.40. The standard InChI is InChI=1S/C45H56N2O2Si.C41H44N2O.C3H10OSi/c1-6-8-17-37(7-2)36-49-45-32-30-44(31-33-45)47(42-20-13-10-14-21-42)43-28-24-39(25-29-43)38-22-26-41(27-23-38)46(40-18-11-9-12-19-40)34-15-16-35-50(4,5)48-3;1-4-7-14-33(6-3)32-44-41-29-27-40(28-30-41)43(38-17-12-9-13-18-38)39-25-21-35(22-26-39)34-19-23-37(24-20-34)42(31-5-2)36-15-10-8-11-16-36;1-4-5(2)3/h9-14,18-33,37H,6-8,15-17,34-36H2,1-5H3;5,8-13,15-30,33H,2,4,6-7,14,31-32H2,1,3H3;5H,1-3H3. The average molecular weight is 1360 g/mol. The molecule has 0 bridgehead atoms. The number of benzene rings is 10. The van der Waals surface area contributed by atoms with Crippen LogP contribution in [0.25, 0.3) is 22.3 Å². The topological polar surface area (TPSA) is 49.9 Å². The van der Waals surface area contributed by atoms with E-state index in [4.69, 9.17) is 18.3 Å². The molecule has 10 rings (SSSR count). The van der Waals surface area contributed by atoms with E-state index in [1.807, 2.05) is 19.3 Å². The summed E-state index contributed by atoms with van der Waals surface area (Å²) in [4.78, 5) is 9.31. The van der Waals surface area contributed by atoms with Crippen LogP contribution in [0.15, 0.2) is 280 Å².